The van der Waals surface area contributed by atoms with Gasteiger partial charge in [0.1, 0.15) is 5.15 Å². The molecule has 2 aliphatic rings. The summed E-state index contributed by atoms with van der Waals surface area (Å²) >= 11 is 5.86. The number of amides is 1. The molecule has 2 fully saturated rings. The van der Waals surface area contributed by atoms with E-state index in [1.807, 2.05) is 0 Å². The molecule has 4 rings (SSSR count). The Balaban J connectivity index is 1.56. The molecule has 1 unspecified atom stereocenters. The molecule has 0 aromatic carbocycles. The topological polar surface area (TPSA) is 102 Å². The second kappa shape index (κ2) is 8.36. The van der Waals surface area contributed by atoms with E-state index in [0.29, 0.717) is 36.6 Å². The monoisotopic (exact) mass is 434 g/mol. The van der Waals surface area contributed by atoms with Gasteiger partial charge in [0.05, 0.1) is 23.6 Å². The average Bonchev–Trinajstić information content (AvgIpc) is 3.44. The summed E-state index contributed by atoms with van der Waals surface area (Å²) in [5, 5.41) is 2.77. The van der Waals surface area contributed by atoms with E-state index in [1.54, 1.807) is 6.07 Å². The number of carbonyl (C=O) groups excluding carboxylic acids is 1. The third-order valence-electron chi connectivity index (χ3n) is 5.63. The van der Waals surface area contributed by atoms with E-state index < -0.39 is 15.8 Å². The summed E-state index contributed by atoms with van der Waals surface area (Å²) in [5.74, 6) is 0.100. The van der Waals surface area contributed by atoms with Crippen LogP contribution in [0, 0.1) is 5.92 Å². The minimum atomic E-state index is -3.35. The van der Waals surface area contributed by atoms with E-state index in [0.717, 1.165) is 12.8 Å². The molecule has 2 heterocycles. The number of aromatic nitrogens is 3. The second-order valence-electron chi connectivity index (χ2n) is 7.83. The summed E-state index contributed by atoms with van der Waals surface area (Å²) in [5.41, 5.74) is 0.708. The standard InChI is InChI=1S/C20H23ClN4O3S/c21-17-11-22-12-18(24-17)25-20(26)16(9-13-3-1-2-4-13)14-5-8-19(23-10-14)29(27,28)15-6-7-15/h5,8,10-13,15-16H,1-4,6-7,9H2,(H,24,25,26). The van der Waals surface area contributed by atoms with Gasteiger partial charge in [-0.2, -0.15) is 0 Å². The van der Waals surface area contributed by atoms with Crippen molar-refractivity contribution in [3.63, 3.8) is 0 Å². The van der Waals surface area contributed by atoms with Crippen molar-refractivity contribution in [2.75, 3.05) is 5.32 Å². The van der Waals surface area contributed by atoms with Gasteiger partial charge in [-0.25, -0.2) is 18.4 Å². The van der Waals surface area contributed by atoms with E-state index in [-0.39, 0.29) is 21.3 Å². The number of pyridine rings is 1. The van der Waals surface area contributed by atoms with Gasteiger partial charge in [0.25, 0.3) is 0 Å². The first kappa shape index (κ1) is 20.2. The Morgan fingerprint density at radius 2 is 1.90 bits per heavy atom. The van der Waals surface area contributed by atoms with Crippen LogP contribution in [0.3, 0.4) is 0 Å². The van der Waals surface area contributed by atoms with Crippen molar-refractivity contribution in [1.82, 2.24) is 15.0 Å². The van der Waals surface area contributed by atoms with Gasteiger partial charge in [0, 0.05) is 6.20 Å². The summed E-state index contributed by atoms with van der Waals surface area (Å²) in [6, 6.07) is 3.24. The molecule has 2 saturated carbocycles. The number of nitrogens with one attached hydrogen (secondary N) is 1. The van der Waals surface area contributed by atoms with Crippen LogP contribution in [0.1, 0.15) is 56.4 Å². The van der Waals surface area contributed by atoms with E-state index in [2.05, 4.69) is 20.3 Å². The van der Waals surface area contributed by atoms with Gasteiger partial charge in [0.2, 0.25) is 5.91 Å². The summed E-state index contributed by atoms with van der Waals surface area (Å²) in [7, 11) is -3.35. The van der Waals surface area contributed by atoms with Crippen molar-refractivity contribution in [1.29, 1.82) is 0 Å². The van der Waals surface area contributed by atoms with E-state index in [1.165, 1.54) is 37.5 Å². The highest BCUT2D eigenvalue weighted by molar-refractivity contribution is 7.92. The Bertz CT molecular complexity index is 987. The lowest BCUT2D eigenvalue weighted by molar-refractivity contribution is -0.118. The SMILES string of the molecule is O=C(Nc1cncc(Cl)n1)C(CC1CCCC1)c1ccc(S(=O)(=O)C2CC2)nc1. The lowest BCUT2D eigenvalue weighted by Crippen LogP contribution is -2.24. The Morgan fingerprint density at radius 1 is 1.14 bits per heavy atom. The Hall–Kier alpha value is -2.06. The van der Waals surface area contributed by atoms with Gasteiger partial charge >= 0.3 is 0 Å². The highest BCUT2D eigenvalue weighted by Gasteiger charge is 2.38. The van der Waals surface area contributed by atoms with Crippen LogP contribution in [0.2, 0.25) is 5.15 Å². The zero-order valence-corrected chi connectivity index (χ0v) is 17.5. The van der Waals surface area contributed by atoms with Crippen LogP contribution in [-0.4, -0.2) is 34.5 Å². The third-order valence-corrected chi connectivity index (χ3v) is 7.99. The predicted octanol–water partition coefficient (Wildman–Crippen LogP) is 3.76. The van der Waals surface area contributed by atoms with Crippen LogP contribution in [0.25, 0.3) is 0 Å². The summed E-state index contributed by atoms with van der Waals surface area (Å²) in [6.45, 7) is 0. The lowest BCUT2D eigenvalue weighted by Gasteiger charge is -2.20. The summed E-state index contributed by atoms with van der Waals surface area (Å²) in [6.07, 6.45) is 11.0. The highest BCUT2D eigenvalue weighted by Crippen LogP contribution is 2.36. The van der Waals surface area contributed by atoms with Crippen LogP contribution in [0.5, 0.6) is 0 Å². The average molecular weight is 435 g/mol. The molecule has 1 amide bonds. The molecule has 2 aliphatic carbocycles. The maximum absolute atomic E-state index is 13.0. The zero-order chi connectivity index (χ0) is 20.4. The van der Waals surface area contributed by atoms with Crippen molar-refractivity contribution in [3.05, 3.63) is 41.4 Å². The van der Waals surface area contributed by atoms with Crippen LogP contribution in [0.15, 0.2) is 35.7 Å². The summed E-state index contributed by atoms with van der Waals surface area (Å²) < 4.78 is 24.8. The first-order valence-electron chi connectivity index (χ1n) is 9.92. The van der Waals surface area contributed by atoms with Crippen LogP contribution in [-0.2, 0) is 14.6 Å². The van der Waals surface area contributed by atoms with Crippen molar-refractivity contribution in [2.45, 2.75) is 61.1 Å². The summed E-state index contributed by atoms with van der Waals surface area (Å²) in [4.78, 5) is 25.3. The van der Waals surface area contributed by atoms with Gasteiger partial charge in [-0.1, -0.05) is 43.4 Å². The minimum Gasteiger partial charge on any atom is -0.309 e. The molecule has 7 nitrogen and oxygen atoms in total. The quantitative estimate of drug-likeness (QED) is 0.711. The molecule has 2 aromatic heterocycles. The fourth-order valence-corrected chi connectivity index (χ4v) is 5.61. The number of halogens is 1. The number of carbonyl (C=O) groups is 1. The molecule has 1 atom stereocenters. The Labute approximate surface area is 175 Å². The smallest absolute Gasteiger partial charge is 0.233 e. The van der Waals surface area contributed by atoms with Gasteiger partial charge in [-0.05, 0) is 36.8 Å². The maximum atomic E-state index is 13.0. The number of hydrogen-bond donors (Lipinski definition) is 1. The molecule has 0 radical (unpaired) electrons. The van der Waals surface area contributed by atoms with Crippen LogP contribution < -0.4 is 5.32 Å². The van der Waals surface area contributed by atoms with E-state index in [9.17, 15) is 13.2 Å². The van der Waals surface area contributed by atoms with Crippen LogP contribution in [0.4, 0.5) is 5.82 Å². The predicted molar refractivity (Wildman–Crippen MR) is 109 cm³/mol. The molecule has 154 valence electrons. The minimum absolute atomic E-state index is 0.0875. The third kappa shape index (κ3) is 4.75. The number of nitrogens with zero attached hydrogens (tertiary/aromatic N) is 3. The first-order valence-corrected chi connectivity index (χ1v) is 11.8. The molecule has 9 heteroatoms. The highest BCUT2D eigenvalue weighted by atomic mass is 35.5. The fraction of sp³-hybridized carbons (Fsp3) is 0.500. The molecule has 0 bridgehead atoms. The lowest BCUT2D eigenvalue weighted by atomic mass is 9.88. The van der Waals surface area contributed by atoms with Gasteiger partial charge < -0.3 is 5.32 Å². The van der Waals surface area contributed by atoms with Gasteiger partial charge in [0.15, 0.2) is 20.7 Å². The van der Waals surface area contributed by atoms with E-state index in [4.69, 9.17) is 11.6 Å². The number of anilines is 1. The maximum Gasteiger partial charge on any atom is 0.233 e. The largest absolute Gasteiger partial charge is 0.309 e. The molecule has 1 N–H and O–H groups in total. The molecular weight excluding hydrogens is 412 g/mol. The van der Waals surface area contributed by atoms with Crippen molar-refractivity contribution < 1.29 is 13.2 Å². The van der Waals surface area contributed by atoms with Gasteiger partial charge in [-0.15, -0.1) is 0 Å². The van der Waals surface area contributed by atoms with Crippen LogP contribution >= 0.6 is 11.6 Å². The molecule has 0 spiro atoms. The molecule has 2 aromatic rings. The molecular formula is C20H23ClN4O3S. The van der Waals surface area contributed by atoms with Crippen molar-refractivity contribution >= 4 is 33.2 Å². The molecule has 29 heavy (non-hydrogen) atoms. The Kier molecular flexibility index (Phi) is 5.83. The van der Waals surface area contributed by atoms with Crippen molar-refractivity contribution in [2.24, 2.45) is 5.92 Å². The first-order chi connectivity index (χ1) is 13.9. The number of sulfone groups is 1. The Morgan fingerprint density at radius 3 is 2.52 bits per heavy atom. The molecule has 0 aliphatic heterocycles. The zero-order valence-electron chi connectivity index (χ0n) is 15.9. The normalized spacial score (nSPS) is 18.5. The van der Waals surface area contributed by atoms with E-state index >= 15 is 0 Å². The second-order valence-corrected chi connectivity index (χ2v) is 10.4. The number of hydrogen-bond acceptors (Lipinski definition) is 6. The molecule has 0 saturated heterocycles. The van der Waals surface area contributed by atoms with Gasteiger partial charge in [-0.3, -0.25) is 9.78 Å². The fourth-order valence-electron chi connectivity index (χ4n) is 3.90. The number of rotatable bonds is 7. The van der Waals surface area contributed by atoms with Crippen molar-refractivity contribution in [3.8, 4) is 0 Å².